The first-order chi connectivity index (χ1) is 10.4. The lowest BCUT2D eigenvalue weighted by Gasteiger charge is -2.08. The molecule has 2 rings (SSSR count). The quantitative estimate of drug-likeness (QED) is 0.839. The Bertz CT molecular complexity index is 687. The highest BCUT2D eigenvalue weighted by Gasteiger charge is 2.19. The maximum absolute atomic E-state index is 12.1. The first kappa shape index (κ1) is 16.0. The van der Waals surface area contributed by atoms with E-state index in [1.165, 1.54) is 15.6 Å². The van der Waals surface area contributed by atoms with Crippen LogP contribution in [0.4, 0.5) is 5.82 Å². The van der Waals surface area contributed by atoms with Crippen molar-refractivity contribution in [1.29, 1.82) is 0 Å². The maximum atomic E-state index is 12.1. The second kappa shape index (κ2) is 6.61. The number of ether oxygens (including phenoxy) is 1. The van der Waals surface area contributed by atoms with E-state index >= 15 is 0 Å². The van der Waals surface area contributed by atoms with Crippen molar-refractivity contribution in [2.24, 2.45) is 7.05 Å². The predicted octanol–water partition coefficient (Wildman–Crippen LogP) is 1.39. The molecule has 2 heterocycles. The molecule has 0 aliphatic heterocycles. The molecule has 0 unspecified atom stereocenters. The highest BCUT2D eigenvalue weighted by atomic mass is 35.5. The average molecular weight is 326 g/mol. The number of hydrogen-bond donors (Lipinski definition) is 1. The number of carbonyl (C=O) groups excluding carboxylic acids is 2. The van der Waals surface area contributed by atoms with E-state index in [4.69, 9.17) is 16.3 Å². The number of carbonyl (C=O) groups is 2. The molecule has 2 aromatic heterocycles. The van der Waals surface area contributed by atoms with Gasteiger partial charge in [0.2, 0.25) is 5.91 Å². The van der Waals surface area contributed by atoms with E-state index < -0.39 is 5.97 Å². The third-order valence-corrected chi connectivity index (χ3v) is 3.26. The number of esters is 1. The third kappa shape index (κ3) is 3.45. The number of anilines is 1. The van der Waals surface area contributed by atoms with E-state index in [1.54, 1.807) is 27.1 Å². The van der Waals surface area contributed by atoms with Gasteiger partial charge in [-0.3, -0.25) is 14.2 Å². The Morgan fingerprint density at radius 1 is 1.45 bits per heavy atom. The molecular weight excluding hydrogens is 310 g/mol. The normalized spacial score (nSPS) is 10.5. The Kier molecular flexibility index (Phi) is 4.81. The zero-order chi connectivity index (χ0) is 16.3. The summed E-state index contributed by atoms with van der Waals surface area (Å²) in [6.07, 6.45) is 2.91. The van der Waals surface area contributed by atoms with Crippen LogP contribution in [0.25, 0.3) is 0 Å². The summed E-state index contributed by atoms with van der Waals surface area (Å²) in [5.74, 6) is -0.615. The van der Waals surface area contributed by atoms with Gasteiger partial charge in [0, 0.05) is 13.2 Å². The van der Waals surface area contributed by atoms with Crippen molar-refractivity contribution < 1.29 is 14.3 Å². The number of aromatic nitrogens is 4. The molecule has 118 valence electrons. The van der Waals surface area contributed by atoms with E-state index in [-0.39, 0.29) is 30.4 Å². The summed E-state index contributed by atoms with van der Waals surface area (Å²) in [5.41, 5.74) is 0.842. The van der Waals surface area contributed by atoms with E-state index in [9.17, 15) is 9.59 Å². The van der Waals surface area contributed by atoms with Gasteiger partial charge in [-0.05, 0) is 13.8 Å². The Morgan fingerprint density at radius 2 is 2.18 bits per heavy atom. The van der Waals surface area contributed by atoms with E-state index in [2.05, 4.69) is 15.5 Å². The van der Waals surface area contributed by atoms with Crippen LogP contribution < -0.4 is 5.32 Å². The molecular formula is C13H16ClN5O3. The van der Waals surface area contributed by atoms with Gasteiger partial charge in [0.05, 0.1) is 23.5 Å². The predicted molar refractivity (Wildman–Crippen MR) is 79.8 cm³/mol. The van der Waals surface area contributed by atoms with Crippen LogP contribution in [0, 0.1) is 6.92 Å². The number of rotatable bonds is 5. The molecule has 0 fully saturated rings. The van der Waals surface area contributed by atoms with Crippen LogP contribution in [0.1, 0.15) is 23.0 Å². The molecule has 22 heavy (non-hydrogen) atoms. The van der Waals surface area contributed by atoms with Crippen LogP contribution in [-0.2, 0) is 23.1 Å². The molecule has 2 aromatic rings. The van der Waals surface area contributed by atoms with Gasteiger partial charge >= 0.3 is 5.97 Å². The summed E-state index contributed by atoms with van der Waals surface area (Å²) in [7, 11) is 1.62. The lowest BCUT2D eigenvalue weighted by atomic mass is 10.3. The van der Waals surface area contributed by atoms with Crippen LogP contribution in [0.2, 0.25) is 5.02 Å². The van der Waals surface area contributed by atoms with Gasteiger partial charge in [-0.2, -0.15) is 10.2 Å². The van der Waals surface area contributed by atoms with Crippen molar-refractivity contribution in [3.8, 4) is 0 Å². The van der Waals surface area contributed by atoms with Crippen molar-refractivity contribution >= 4 is 29.3 Å². The molecule has 1 amide bonds. The number of amides is 1. The zero-order valence-electron chi connectivity index (χ0n) is 12.5. The SMILES string of the molecule is CCOC(=O)c1cnn(C)c1NC(=O)Cn1cc(Cl)c(C)n1. The van der Waals surface area contributed by atoms with Gasteiger partial charge in [-0.15, -0.1) is 0 Å². The van der Waals surface area contributed by atoms with Crippen LogP contribution in [0.5, 0.6) is 0 Å². The molecule has 0 spiro atoms. The van der Waals surface area contributed by atoms with E-state index in [0.717, 1.165) is 0 Å². The molecule has 0 bridgehead atoms. The minimum absolute atomic E-state index is 0.0268. The Labute approximate surface area is 132 Å². The molecule has 0 saturated carbocycles. The first-order valence-corrected chi connectivity index (χ1v) is 6.98. The smallest absolute Gasteiger partial charge is 0.343 e. The summed E-state index contributed by atoms with van der Waals surface area (Å²) in [6, 6.07) is 0. The molecule has 0 aromatic carbocycles. The highest BCUT2D eigenvalue weighted by molar-refractivity contribution is 6.31. The summed E-state index contributed by atoms with van der Waals surface area (Å²) in [6.45, 7) is 3.67. The molecule has 0 aliphatic rings. The molecule has 0 aliphatic carbocycles. The minimum atomic E-state index is -0.538. The van der Waals surface area contributed by atoms with Crippen LogP contribution >= 0.6 is 11.6 Å². The standard InChI is InChI=1S/C13H16ClN5O3/c1-4-22-13(21)9-5-15-18(3)12(9)16-11(20)7-19-6-10(14)8(2)17-19/h5-6H,4,7H2,1-3H3,(H,16,20). The Hall–Kier alpha value is -2.35. The summed E-state index contributed by atoms with van der Waals surface area (Å²) in [5, 5.41) is 11.2. The monoisotopic (exact) mass is 325 g/mol. The summed E-state index contributed by atoms with van der Waals surface area (Å²) in [4.78, 5) is 23.9. The number of nitrogens with one attached hydrogen (secondary N) is 1. The minimum Gasteiger partial charge on any atom is -0.462 e. The van der Waals surface area contributed by atoms with Crippen LogP contribution in [-0.4, -0.2) is 38.0 Å². The molecule has 8 nitrogen and oxygen atoms in total. The highest BCUT2D eigenvalue weighted by Crippen LogP contribution is 2.16. The third-order valence-electron chi connectivity index (χ3n) is 2.88. The maximum Gasteiger partial charge on any atom is 0.343 e. The second-order valence-corrected chi connectivity index (χ2v) is 4.97. The zero-order valence-corrected chi connectivity index (χ0v) is 13.2. The van der Waals surface area contributed by atoms with Gasteiger partial charge in [0.15, 0.2) is 0 Å². The molecule has 0 radical (unpaired) electrons. The summed E-state index contributed by atoms with van der Waals surface area (Å²) < 4.78 is 7.74. The second-order valence-electron chi connectivity index (χ2n) is 4.56. The van der Waals surface area contributed by atoms with Gasteiger partial charge in [0.1, 0.15) is 17.9 Å². The number of hydrogen-bond acceptors (Lipinski definition) is 5. The van der Waals surface area contributed by atoms with Crippen LogP contribution in [0.3, 0.4) is 0 Å². The largest absolute Gasteiger partial charge is 0.462 e. The Morgan fingerprint density at radius 3 is 2.77 bits per heavy atom. The molecule has 0 atom stereocenters. The van der Waals surface area contributed by atoms with Crippen LogP contribution in [0.15, 0.2) is 12.4 Å². The topological polar surface area (TPSA) is 91.0 Å². The Balaban J connectivity index is 2.11. The fourth-order valence-corrected chi connectivity index (χ4v) is 1.99. The fourth-order valence-electron chi connectivity index (χ4n) is 1.84. The van der Waals surface area contributed by atoms with E-state index in [0.29, 0.717) is 10.7 Å². The number of nitrogens with zero attached hydrogens (tertiary/aromatic N) is 4. The summed E-state index contributed by atoms with van der Waals surface area (Å²) >= 11 is 5.89. The molecule has 0 saturated heterocycles. The van der Waals surface area contributed by atoms with Crippen molar-refractivity contribution in [2.75, 3.05) is 11.9 Å². The fraction of sp³-hybridized carbons (Fsp3) is 0.385. The van der Waals surface area contributed by atoms with Gasteiger partial charge < -0.3 is 10.1 Å². The molecule has 1 N–H and O–H groups in total. The average Bonchev–Trinajstić information content (AvgIpc) is 2.94. The van der Waals surface area contributed by atoms with Gasteiger partial charge in [-0.1, -0.05) is 11.6 Å². The van der Waals surface area contributed by atoms with Crippen molar-refractivity contribution in [2.45, 2.75) is 20.4 Å². The van der Waals surface area contributed by atoms with Gasteiger partial charge in [-0.25, -0.2) is 4.79 Å². The van der Waals surface area contributed by atoms with Gasteiger partial charge in [0.25, 0.3) is 0 Å². The van der Waals surface area contributed by atoms with Crippen molar-refractivity contribution in [1.82, 2.24) is 19.6 Å². The lowest BCUT2D eigenvalue weighted by molar-refractivity contribution is -0.116. The molecule has 9 heteroatoms. The van der Waals surface area contributed by atoms with Crippen molar-refractivity contribution in [3.63, 3.8) is 0 Å². The number of aryl methyl sites for hydroxylation is 2. The number of halogens is 1. The van der Waals surface area contributed by atoms with E-state index in [1.807, 2.05) is 0 Å². The first-order valence-electron chi connectivity index (χ1n) is 6.61. The lowest BCUT2D eigenvalue weighted by Crippen LogP contribution is -2.22. The van der Waals surface area contributed by atoms with Crippen molar-refractivity contribution in [3.05, 3.63) is 28.7 Å².